The molecule has 0 spiro atoms. The van der Waals surface area contributed by atoms with E-state index in [1.165, 1.54) is 0 Å². The van der Waals surface area contributed by atoms with Crippen LogP contribution in [0.4, 0.5) is 0 Å². The predicted octanol–water partition coefficient (Wildman–Crippen LogP) is -1.69. The Balaban J connectivity index is 4.48. The van der Waals surface area contributed by atoms with Gasteiger partial charge < -0.3 is 34.6 Å². The number of hydrogen-bond acceptors (Lipinski definition) is 10. The summed E-state index contributed by atoms with van der Waals surface area (Å²) in [7, 11) is 0. The fourth-order valence-electron chi connectivity index (χ4n) is 1.48. The molecule has 0 saturated carbocycles. The number of ether oxygens (including phenoxy) is 3. The Kier molecular flexibility index (Phi) is 14.1. The fourth-order valence-corrected chi connectivity index (χ4v) is 1.79. The first-order chi connectivity index (χ1) is 11.5. The molecule has 9 nitrogen and oxygen atoms in total. The van der Waals surface area contributed by atoms with Gasteiger partial charge in [-0.3, -0.25) is 9.59 Å². The van der Waals surface area contributed by atoms with Crippen LogP contribution in [-0.4, -0.2) is 95.7 Å². The zero-order chi connectivity index (χ0) is 18.4. The van der Waals surface area contributed by atoms with E-state index in [-0.39, 0.29) is 31.2 Å². The van der Waals surface area contributed by atoms with Gasteiger partial charge in [0.2, 0.25) is 0 Å². The number of carbonyl (C=O) groups excluding carboxylic acids is 2. The molecular weight excluding hydrogens is 344 g/mol. The van der Waals surface area contributed by atoms with E-state index >= 15 is 0 Å². The molecule has 10 heteroatoms. The molecule has 0 aliphatic heterocycles. The van der Waals surface area contributed by atoms with Crippen molar-refractivity contribution in [3.05, 3.63) is 0 Å². The molecule has 0 heterocycles. The van der Waals surface area contributed by atoms with E-state index in [1.807, 2.05) is 0 Å². The maximum Gasteiger partial charge on any atom is 0.306 e. The Morgan fingerprint density at radius 2 is 1.29 bits per heavy atom. The number of esters is 1. The van der Waals surface area contributed by atoms with Gasteiger partial charge in [0, 0.05) is 6.42 Å². The Hall–Kier alpha value is -0.750. The smallest absolute Gasteiger partial charge is 0.306 e. The van der Waals surface area contributed by atoms with Crippen LogP contribution < -0.4 is 0 Å². The summed E-state index contributed by atoms with van der Waals surface area (Å²) in [6, 6.07) is 0. The molecular formula is C14H26O9S. The highest BCUT2D eigenvalue weighted by Crippen LogP contribution is 2.07. The van der Waals surface area contributed by atoms with Crippen LogP contribution in [0, 0.1) is 0 Å². The van der Waals surface area contributed by atoms with E-state index < -0.39 is 50.7 Å². The Morgan fingerprint density at radius 3 is 1.67 bits per heavy atom. The predicted molar refractivity (Wildman–Crippen MR) is 85.5 cm³/mol. The summed E-state index contributed by atoms with van der Waals surface area (Å²) in [6.07, 6.45) is -0.954. The molecule has 24 heavy (non-hydrogen) atoms. The van der Waals surface area contributed by atoms with Gasteiger partial charge in [-0.25, -0.2) is 0 Å². The molecule has 4 N–H and O–H groups in total. The number of hydrogen-bond donors (Lipinski definition) is 4. The van der Waals surface area contributed by atoms with Gasteiger partial charge in [-0.05, 0) is 6.26 Å². The third kappa shape index (κ3) is 10.9. The Labute approximate surface area is 144 Å². The minimum Gasteiger partial charge on any atom is -0.457 e. The molecule has 0 saturated heterocycles. The summed E-state index contributed by atoms with van der Waals surface area (Å²) in [5.74, 6) is -0.622. The minimum atomic E-state index is -0.872. The fraction of sp³-hybridized carbons (Fsp3) is 0.857. The van der Waals surface area contributed by atoms with Crippen LogP contribution in [-0.2, 0) is 23.8 Å². The molecule has 0 rings (SSSR count). The van der Waals surface area contributed by atoms with Crippen LogP contribution in [0.25, 0.3) is 0 Å². The number of thioether (sulfide) groups is 1. The van der Waals surface area contributed by atoms with E-state index in [2.05, 4.69) is 0 Å². The highest BCUT2D eigenvalue weighted by atomic mass is 32.2. The molecule has 142 valence electrons. The lowest BCUT2D eigenvalue weighted by Gasteiger charge is -2.22. The molecule has 0 unspecified atom stereocenters. The standard InChI is InChI=1S/C14H26O9S/c1-24-14(20)3-2-13(19)23-12(8-21-10(4-15)5-16)9-22-11(6-17)7-18/h10-12,15-18H,2-9H2,1H3. The highest BCUT2D eigenvalue weighted by molar-refractivity contribution is 8.13. The van der Waals surface area contributed by atoms with Gasteiger partial charge in [-0.15, -0.1) is 0 Å². The van der Waals surface area contributed by atoms with Crippen molar-refractivity contribution < 1.29 is 44.2 Å². The first-order valence-electron chi connectivity index (χ1n) is 7.43. The van der Waals surface area contributed by atoms with Gasteiger partial charge >= 0.3 is 5.97 Å². The van der Waals surface area contributed by atoms with Crippen molar-refractivity contribution in [3.8, 4) is 0 Å². The van der Waals surface area contributed by atoms with Crippen LogP contribution in [0.15, 0.2) is 0 Å². The number of carbonyl (C=O) groups is 2. The first-order valence-corrected chi connectivity index (χ1v) is 8.66. The van der Waals surface area contributed by atoms with E-state index in [9.17, 15) is 9.59 Å². The second-order valence-corrected chi connectivity index (χ2v) is 5.69. The zero-order valence-corrected chi connectivity index (χ0v) is 14.4. The number of aliphatic hydroxyl groups is 4. The van der Waals surface area contributed by atoms with E-state index in [1.54, 1.807) is 6.26 Å². The van der Waals surface area contributed by atoms with Crippen LogP contribution in [0.2, 0.25) is 0 Å². The van der Waals surface area contributed by atoms with Crippen molar-refractivity contribution in [1.29, 1.82) is 0 Å². The van der Waals surface area contributed by atoms with Gasteiger partial charge in [0.1, 0.15) is 18.3 Å². The van der Waals surface area contributed by atoms with Gasteiger partial charge in [0.25, 0.3) is 0 Å². The lowest BCUT2D eigenvalue weighted by atomic mass is 10.3. The molecule has 0 amide bonds. The summed E-state index contributed by atoms with van der Waals surface area (Å²) in [4.78, 5) is 22.9. The largest absolute Gasteiger partial charge is 0.457 e. The molecule has 0 aromatic rings. The second kappa shape index (κ2) is 14.6. The lowest BCUT2D eigenvalue weighted by Crippen LogP contribution is -2.35. The van der Waals surface area contributed by atoms with Gasteiger partial charge in [-0.1, -0.05) is 11.8 Å². The van der Waals surface area contributed by atoms with Gasteiger partial charge in [0.15, 0.2) is 5.12 Å². The molecule has 0 aliphatic carbocycles. The summed E-state index contributed by atoms with van der Waals surface area (Å²) >= 11 is 1.02. The van der Waals surface area contributed by atoms with E-state index in [4.69, 9.17) is 34.6 Å². The second-order valence-electron chi connectivity index (χ2n) is 4.83. The normalized spacial score (nSPS) is 11.5. The third-order valence-corrected chi connectivity index (χ3v) is 3.57. The van der Waals surface area contributed by atoms with Crippen LogP contribution in [0.1, 0.15) is 12.8 Å². The van der Waals surface area contributed by atoms with Gasteiger partial charge in [0.05, 0.1) is 46.1 Å². The topological polar surface area (TPSA) is 143 Å². The maximum absolute atomic E-state index is 11.7. The summed E-state index contributed by atoms with van der Waals surface area (Å²) in [5, 5.41) is 35.7. The van der Waals surface area contributed by atoms with Crippen LogP contribution in [0.3, 0.4) is 0 Å². The van der Waals surface area contributed by atoms with Crippen molar-refractivity contribution in [3.63, 3.8) is 0 Å². The average Bonchev–Trinajstić information content (AvgIpc) is 2.60. The zero-order valence-electron chi connectivity index (χ0n) is 13.6. The molecule has 0 aromatic heterocycles. The summed E-state index contributed by atoms with van der Waals surface area (Å²) in [5.41, 5.74) is 0. The molecule has 0 fully saturated rings. The Morgan fingerprint density at radius 1 is 0.833 bits per heavy atom. The Bertz CT molecular complexity index is 329. The SMILES string of the molecule is CSC(=O)CCC(=O)OC(COC(CO)CO)COC(CO)CO. The van der Waals surface area contributed by atoms with Crippen molar-refractivity contribution in [2.24, 2.45) is 0 Å². The molecule has 0 aliphatic rings. The maximum atomic E-state index is 11.7. The van der Waals surface area contributed by atoms with Crippen molar-refractivity contribution in [2.45, 2.75) is 31.2 Å². The first kappa shape index (κ1) is 23.2. The lowest BCUT2D eigenvalue weighted by molar-refractivity contribution is -0.162. The van der Waals surface area contributed by atoms with Crippen LogP contribution in [0.5, 0.6) is 0 Å². The molecule has 0 aromatic carbocycles. The molecule has 0 bridgehead atoms. The third-order valence-electron chi connectivity index (χ3n) is 2.91. The highest BCUT2D eigenvalue weighted by Gasteiger charge is 2.20. The quantitative estimate of drug-likeness (QED) is 0.261. The number of aliphatic hydroxyl groups excluding tert-OH is 4. The summed E-state index contributed by atoms with van der Waals surface area (Å²) in [6.45, 7) is -1.94. The van der Waals surface area contributed by atoms with Gasteiger partial charge in [-0.2, -0.15) is 0 Å². The molecule has 0 atom stereocenters. The van der Waals surface area contributed by atoms with Crippen molar-refractivity contribution in [1.82, 2.24) is 0 Å². The number of rotatable bonds is 14. The van der Waals surface area contributed by atoms with Crippen molar-refractivity contribution in [2.75, 3.05) is 45.9 Å². The monoisotopic (exact) mass is 370 g/mol. The summed E-state index contributed by atoms with van der Waals surface area (Å²) < 4.78 is 15.5. The van der Waals surface area contributed by atoms with Crippen molar-refractivity contribution >= 4 is 22.8 Å². The molecule has 0 radical (unpaired) electrons. The van der Waals surface area contributed by atoms with Crippen LogP contribution >= 0.6 is 11.8 Å². The van der Waals surface area contributed by atoms with E-state index in [0.717, 1.165) is 11.8 Å². The van der Waals surface area contributed by atoms with E-state index in [0.29, 0.717) is 0 Å². The minimum absolute atomic E-state index is 0.0419. The average molecular weight is 370 g/mol.